The number of hydrogen-bond donors (Lipinski definition) is 0. The van der Waals surface area contributed by atoms with E-state index in [-0.39, 0.29) is 5.41 Å². The molecule has 2 saturated heterocycles. The first-order chi connectivity index (χ1) is 11.5. The second kappa shape index (κ2) is 7.17. The molecule has 0 bridgehead atoms. The summed E-state index contributed by atoms with van der Waals surface area (Å²) in [6.45, 7) is 7.62. The summed E-state index contributed by atoms with van der Waals surface area (Å²) in [5.41, 5.74) is 0.222. The molecular weight excluding hydrogens is 298 g/mol. The highest BCUT2D eigenvalue weighted by atomic mass is 16.2. The molecule has 0 saturated carbocycles. The Morgan fingerprint density at radius 1 is 1.08 bits per heavy atom. The van der Waals surface area contributed by atoms with Crippen molar-refractivity contribution in [3.05, 3.63) is 12.2 Å². The summed E-state index contributed by atoms with van der Waals surface area (Å²) in [6.07, 6.45) is 12.4. The Labute approximate surface area is 147 Å². The summed E-state index contributed by atoms with van der Waals surface area (Å²) in [4.78, 5) is 20.2. The summed E-state index contributed by atoms with van der Waals surface area (Å²) in [5.74, 6) is 0.402. The van der Waals surface area contributed by atoms with Gasteiger partial charge in [0.2, 0.25) is 5.91 Å². The highest BCUT2D eigenvalue weighted by molar-refractivity contribution is 5.82. The molecule has 3 aliphatic rings. The van der Waals surface area contributed by atoms with Crippen LogP contribution in [-0.2, 0) is 4.79 Å². The first-order valence-electron chi connectivity index (χ1n) is 9.79. The minimum Gasteiger partial charge on any atom is -0.342 e. The highest BCUT2D eigenvalue weighted by Gasteiger charge is 2.45. The quantitative estimate of drug-likeness (QED) is 0.740. The van der Waals surface area contributed by atoms with Crippen LogP contribution in [0.3, 0.4) is 0 Å². The summed E-state index contributed by atoms with van der Waals surface area (Å²) >= 11 is 0. The van der Waals surface area contributed by atoms with Crippen molar-refractivity contribution in [2.24, 2.45) is 5.41 Å². The average Bonchev–Trinajstić information content (AvgIpc) is 2.96. The van der Waals surface area contributed by atoms with Gasteiger partial charge in [0, 0.05) is 31.7 Å². The number of likely N-dealkylation sites (N-methyl/N-ethyl adjacent to an activating group) is 1. The molecule has 0 aromatic carbocycles. The van der Waals surface area contributed by atoms with Crippen LogP contribution in [0.4, 0.5) is 0 Å². The minimum absolute atomic E-state index is 0.153. The van der Waals surface area contributed by atoms with Crippen LogP contribution in [0.5, 0.6) is 0 Å². The SMILES string of the molecule is CN(C)CCN1CCCC12CCN(C(=O)C1(C)CC=CCC1)CC2. The molecule has 3 rings (SSSR count). The van der Waals surface area contributed by atoms with Crippen LogP contribution >= 0.6 is 0 Å². The normalized spacial score (nSPS) is 30.4. The summed E-state index contributed by atoms with van der Waals surface area (Å²) in [7, 11) is 4.31. The van der Waals surface area contributed by atoms with Crippen molar-refractivity contribution < 1.29 is 4.79 Å². The standard InChI is InChI=1S/C20H35N3O/c1-19(8-5-4-6-9-19)18(24)22-14-11-20(12-15-22)10-7-13-23(20)17-16-21(2)3/h4-5H,6-17H2,1-3H3. The van der Waals surface area contributed by atoms with Gasteiger partial charge in [0.25, 0.3) is 0 Å². The van der Waals surface area contributed by atoms with Gasteiger partial charge in [-0.15, -0.1) is 0 Å². The van der Waals surface area contributed by atoms with Gasteiger partial charge in [-0.05, 0) is 65.6 Å². The van der Waals surface area contributed by atoms with Gasteiger partial charge in [0.15, 0.2) is 0 Å². The minimum atomic E-state index is -0.153. The zero-order valence-corrected chi connectivity index (χ0v) is 15.9. The first kappa shape index (κ1) is 17.9. The van der Waals surface area contributed by atoms with Crippen LogP contribution in [0.2, 0.25) is 0 Å². The van der Waals surface area contributed by atoms with Crippen molar-refractivity contribution in [2.75, 3.05) is 46.8 Å². The molecule has 0 N–H and O–H groups in total. The maximum absolute atomic E-state index is 13.0. The summed E-state index contributed by atoms with van der Waals surface area (Å²) < 4.78 is 0. The molecule has 2 fully saturated rings. The van der Waals surface area contributed by atoms with Crippen LogP contribution in [0.25, 0.3) is 0 Å². The Hall–Kier alpha value is -0.870. The Bertz CT molecular complexity index is 479. The molecule has 1 aliphatic carbocycles. The van der Waals surface area contributed by atoms with Crippen molar-refractivity contribution in [2.45, 2.75) is 57.4 Å². The lowest BCUT2D eigenvalue weighted by atomic mass is 9.76. The van der Waals surface area contributed by atoms with Crippen molar-refractivity contribution in [3.63, 3.8) is 0 Å². The Morgan fingerprint density at radius 2 is 1.83 bits per heavy atom. The number of rotatable bonds is 4. The molecule has 2 aliphatic heterocycles. The third-order valence-electron chi connectivity index (χ3n) is 6.65. The number of piperidine rings is 1. The number of allylic oxidation sites excluding steroid dienone is 2. The number of amides is 1. The molecule has 0 radical (unpaired) electrons. The van der Waals surface area contributed by atoms with Crippen molar-refractivity contribution in [3.8, 4) is 0 Å². The number of nitrogens with zero attached hydrogens (tertiary/aromatic N) is 3. The van der Waals surface area contributed by atoms with Crippen LogP contribution in [-0.4, -0.2) is 73.0 Å². The smallest absolute Gasteiger partial charge is 0.228 e. The fourth-order valence-electron chi connectivity index (χ4n) is 4.90. The number of carbonyl (C=O) groups is 1. The topological polar surface area (TPSA) is 26.8 Å². The number of carbonyl (C=O) groups excluding carboxylic acids is 1. The second-order valence-corrected chi connectivity index (χ2v) is 8.69. The van der Waals surface area contributed by atoms with Gasteiger partial charge < -0.3 is 9.80 Å². The van der Waals surface area contributed by atoms with Gasteiger partial charge in [-0.3, -0.25) is 9.69 Å². The van der Waals surface area contributed by atoms with Crippen molar-refractivity contribution >= 4 is 5.91 Å². The fourth-order valence-corrected chi connectivity index (χ4v) is 4.90. The molecule has 1 amide bonds. The van der Waals surface area contributed by atoms with E-state index in [1.165, 1.54) is 25.9 Å². The van der Waals surface area contributed by atoms with Crippen LogP contribution in [0.15, 0.2) is 12.2 Å². The van der Waals surface area contributed by atoms with Gasteiger partial charge in [-0.1, -0.05) is 19.1 Å². The van der Waals surface area contributed by atoms with E-state index < -0.39 is 0 Å². The Morgan fingerprint density at radius 3 is 2.46 bits per heavy atom. The second-order valence-electron chi connectivity index (χ2n) is 8.69. The zero-order valence-electron chi connectivity index (χ0n) is 15.9. The van der Waals surface area contributed by atoms with E-state index in [4.69, 9.17) is 0 Å². The lowest BCUT2D eigenvalue weighted by Gasteiger charge is -2.47. The zero-order chi connectivity index (χ0) is 17.2. The highest BCUT2D eigenvalue weighted by Crippen LogP contribution is 2.40. The van der Waals surface area contributed by atoms with Gasteiger partial charge in [0.05, 0.1) is 5.41 Å². The summed E-state index contributed by atoms with van der Waals surface area (Å²) in [5, 5.41) is 0. The molecular formula is C20H35N3O. The van der Waals surface area contributed by atoms with Gasteiger partial charge in [-0.2, -0.15) is 0 Å². The maximum Gasteiger partial charge on any atom is 0.228 e. The predicted octanol–water partition coefficient (Wildman–Crippen LogP) is 2.75. The molecule has 4 nitrogen and oxygen atoms in total. The van der Waals surface area contributed by atoms with E-state index in [1.807, 2.05) is 0 Å². The van der Waals surface area contributed by atoms with Crippen molar-refractivity contribution in [1.29, 1.82) is 0 Å². The monoisotopic (exact) mass is 333 g/mol. The first-order valence-corrected chi connectivity index (χ1v) is 9.79. The lowest BCUT2D eigenvalue weighted by Crippen LogP contribution is -2.56. The van der Waals surface area contributed by atoms with E-state index >= 15 is 0 Å². The van der Waals surface area contributed by atoms with Gasteiger partial charge >= 0.3 is 0 Å². The molecule has 136 valence electrons. The fraction of sp³-hybridized carbons (Fsp3) is 0.850. The average molecular weight is 334 g/mol. The summed E-state index contributed by atoms with van der Waals surface area (Å²) in [6, 6.07) is 0. The molecule has 1 unspecified atom stereocenters. The molecule has 1 atom stereocenters. The number of hydrogen-bond acceptors (Lipinski definition) is 3. The third kappa shape index (κ3) is 3.55. The predicted molar refractivity (Wildman–Crippen MR) is 99.0 cm³/mol. The third-order valence-corrected chi connectivity index (χ3v) is 6.65. The molecule has 24 heavy (non-hydrogen) atoms. The van der Waals surface area contributed by atoms with E-state index in [2.05, 4.69) is 47.9 Å². The maximum atomic E-state index is 13.0. The Kier molecular flexibility index (Phi) is 5.36. The van der Waals surface area contributed by atoms with Crippen molar-refractivity contribution in [1.82, 2.24) is 14.7 Å². The molecule has 4 heteroatoms. The number of likely N-dealkylation sites (tertiary alicyclic amines) is 2. The molecule has 0 aromatic heterocycles. The Balaban J connectivity index is 1.58. The van der Waals surface area contributed by atoms with E-state index in [0.717, 1.165) is 51.7 Å². The van der Waals surface area contributed by atoms with E-state index in [0.29, 0.717) is 11.4 Å². The van der Waals surface area contributed by atoms with Crippen LogP contribution in [0.1, 0.15) is 51.9 Å². The van der Waals surface area contributed by atoms with Gasteiger partial charge in [0.1, 0.15) is 0 Å². The molecule has 2 heterocycles. The largest absolute Gasteiger partial charge is 0.342 e. The van der Waals surface area contributed by atoms with E-state index in [9.17, 15) is 4.79 Å². The molecule has 1 spiro atoms. The van der Waals surface area contributed by atoms with Gasteiger partial charge in [-0.25, -0.2) is 0 Å². The van der Waals surface area contributed by atoms with Crippen LogP contribution in [0, 0.1) is 5.41 Å². The van der Waals surface area contributed by atoms with Crippen LogP contribution < -0.4 is 0 Å². The lowest BCUT2D eigenvalue weighted by molar-refractivity contribution is -0.144. The molecule has 0 aromatic rings. The van der Waals surface area contributed by atoms with E-state index in [1.54, 1.807) is 0 Å².